The van der Waals surface area contributed by atoms with Gasteiger partial charge in [-0.15, -0.1) is 0 Å². The minimum absolute atomic E-state index is 0.199. The van der Waals surface area contributed by atoms with Gasteiger partial charge in [-0.25, -0.2) is 0 Å². The van der Waals surface area contributed by atoms with Crippen LogP contribution in [0.5, 0.6) is 0 Å². The molecule has 0 spiro atoms. The standard InChI is InChI=1S/C11H7Cl2N3O3S/c12-4-3-5(13)7-8(16-20-15-7)6(4)14-9(17)11(1-2-11)10(18)19/h3H,1-2H2,(H,14,17)(H,18,19). The quantitative estimate of drug-likeness (QED) is 0.843. The van der Waals surface area contributed by atoms with Crippen molar-refractivity contribution in [3.8, 4) is 0 Å². The van der Waals surface area contributed by atoms with E-state index in [1.807, 2.05) is 0 Å². The number of hydrogen-bond acceptors (Lipinski definition) is 5. The van der Waals surface area contributed by atoms with Gasteiger partial charge in [0.2, 0.25) is 5.91 Å². The van der Waals surface area contributed by atoms with E-state index in [1.54, 1.807) is 0 Å². The highest BCUT2D eigenvalue weighted by Crippen LogP contribution is 2.47. The maximum atomic E-state index is 12.1. The Morgan fingerprint density at radius 2 is 1.90 bits per heavy atom. The lowest BCUT2D eigenvalue weighted by Gasteiger charge is -2.12. The molecule has 1 amide bonds. The van der Waals surface area contributed by atoms with Crippen molar-refractivity contribution in [2.75, 3.05) is 5.32 Å². The largest absolute Gasteiger partial charge is 0.480 e. The van der Waals surface area contributed by atoms with E-state index >= 15 is 0 Å². The number of nitrogens with zero attached hydrogens (tertiary/aromatic N) is 2. The van der Waals surface area contributed by atoms with Crippen molar-refractivity contribution in [1.82, 2.24) is 8.75 Å². The lowest BCUT2D eigenvalue weighted by atomic mass is 10.1. The molecular formula is C11H7Cl2N3O3S. The molecule has 0 radical (unpaired) electrons. The molecule has 0 aliphatic heterocycles. The number of carboxylic acids is 1. The number of nitrogens with one attached hydrogen (secondary N) is 1. The first-order chi connectivity index (χ1) is 9.45. The molecule has 1 aliphatic carbocycles. The van der Waals surface area contributed by atoms with E-state index in [0.29, 0.717) is 28.9 Å². The molecule has 2 aromatic rings. The molecule has 1 saturated carbocycles. The van der Waals surface area contributed by atoms with Crippen LogP contribution in [0.15, 0.2) is 6.07 Å². The zero-order valence-corrected chi connectivity index (χ0v) is 12.1. The molecule has 0 bridgehead atoms. The van der Waals surface area contributed by atoms with E-state index in [4.69, 9.17) is 28.3 Å². The molecule has 0 unspecified atom stereocenters. The van der Waals surface area contributed by atoms with Crippen LogP contribution < -0.4 is 5.32 Å². The number of hydrogen-bond donors (Lipinski definition) is 2. The first kappa shape index (κ1) is 13.5. The Morgan fingerprint density at radius 3 is 2.50 bits per heavy atom. The van der Waals surface area contributed by atoms with Gasteiger partial charge in [0.15, 0.2) is 0 Å². The molecule has 0 saturated heterocycles. The maximum Gasteiger partial charge on any atom is 0.319 e. The Bertz CT molecular complexity index is 742. The molecule has 3 rings (SSSR count). The Kier molecular flexibility index (Phi) is 3.07. The average molecular weight is 332 g/mol. The fraction of sp³-hybridized carbons (Fsp3) is 0.273. The van der Waals surface area contributed by atoms with Gasteiger partial charge in [0.1, 0.15) is 16.4 Å². The fourth-order valence-electron chi connectivity index (χ4n) is 1.89. The van der Waals surface area contributed by atoms with E-state index in [-0.39, 0.29) is 10.7 Å². The number of anilines is 1. The van der Waals surface area contributed by atoms with Crippen LogP contribution in [0, 0.1) is 5.41 Å². The van der Waals surface area contributed by atoms with Crippen molar-refractivity contribution in [2.24, 2.45) is 5.41 Å². The molecule has 20 heavy (non-hydrogen) atoms. The second-order valence-corrected chi connectivity index (χ2v) is 5.86. The summed E-state index contributed by atoms with van der Waals surface area (Å²) in [5.41, 5.74) is -0.311. The third-order valence-corrected chi connectivity index (χ3v) is 4.39. The molecule has 1 fully saturated rings. The smallest absolute Gasteiger partial charge is 0.319 e. The molecule has 0 atom stereocenters. The second kappa shape index (κ2) is 4.54. The van der Waals surface area contributed by atoms with Crippen molar-refractivity contribution in [3.05, 3.63) is 16.1 Å². The molecule has 9 heteroatoms. The fourth-order valence-corrected chi connectivity index (χ4v) is 3.05. The lowest BCUT2D eigenvalue weighted by molar-refractivity contribution is -0.147. The number of carbonyl (C=O) groups is 2. The second-order valence-electron chi connectivity index (χ2n) is 4.52. The van der Waals surface area contributed by atoms with E-state index in [0.717, 1.165) is 11.7 Å². The molecule has 6 nitrogen and oxygen atoms in total. The SMILES string of the molecule is O=C(O)C1(C(=O)Nc2c(Cl)cc(Cl)c3nsnc23)CC1. The van der Waals surface area contributed by atoms with Crippen LogP contribution in [-0.2, 0) is 9.59 Å². The monoisotopic (exact) mass is 331 g/mol. The van der Waals surface area contributed by atoms with Crippen LogP contribution in [0.1, 0.15) is 12.8 Å². The number of fused-ring (bicyclic) bond motifs is 1. The number of halogens is 2. The Labute approximate surface area is 127 Å². The summed E-state index contributed by atoms with van der Waals surface area (Å²) in [6.07, 6.45) is 0.635. The van der Waals surface area contributed by atoms with Crippen LogP contribution in [0.2, 0.25) is 10.0 Å². The highest BCUT2D eigenvalue weighted by Gasteiger charge is 2.57. The summed E-state index contributed by atoms with van der Waals surface area (Å²) in [5.74, 6) is -1.73. The number of carbonyl (C=O) groups excluding carboxylic acids is 1. The predicted molar refractivity (Wildman–Crippen MR) is 75.4 cm³/mol. The van der Waals surface area contributed by atoms with E-state index < -0.39 is 17.3 Å². The zero-order chi connectivity index (χ0) is 14.5. The summed E-state index contributed by atoms with van der Waals surface area (Å²) in [6.45, 7) is 0. The summed E-state index contributed by atoms with van der Waals surface area (Å²) in [4.78, 5) is 23.2. The van der Waals surface area contributed by atoms with Gasteiger partial charge >= 0.3 is 5.97 Å². The zero-order valence-electron chi connectivity index (χ0n) is 9.81. The number of aromatic nitrogens is 2. The lowest BCUT2D eigenvalue weighted by Crippen LogP contribution is -2.31. The van der Waals surface area contributed by atoms with Crippen LogP contribution >= 0.6 is 34.9 Å². The van der Waals surface area contributed by atoms with Gasteiger partial charge in [-0.1, -0.05) is 23.2 Å². The predicted octanol–water partition coefficient (Wildman–Crippen LogP) is 2.80. The first-order valence-corrected chi connectivity index (χ1v) is 7.09. The van der Waals surface area contributed by atoms with E-state index in [9.17, 15) is 9.59 Å². The van der Waals surface area contributed by atoms with E-state index in [1.165, 1.54) is 6.07 Å². The van der Waals surface area contributed by atoms with E-state index in [2.05, 4.69) is 14.1 Å². The highest BCUT2D eigenvalue weighted by molar-refractivity contribution is 7.00. The molecule has 1 aliphatic rings. The molecule has 2 N–H and O–H groups in total. The van der Waals surface area contributed by atoms with Crippen LogP contribution in [0.3, 0.4) is 0 Å². The van der Waals surface area contributed by atoms with Gasteiger partial charge in [0, 0.05) is 0 Å². The molecule has 1 heterocycles. The number of amides is 1. The summed E-state index contributed by atoms with van der Waals surface area (Å²) >= 11 is 13.0. The van der Waals surface area contributed by atoms with Gasteiger partial charge < -0.3 is 10.4 Å². The Morgan fingerprint density at radius 1 is 1.25 bits per heavy atom. The number of rotatable bonds is 3. The van der Waals surface area contributed by atoms with Crippen LogP contribution in [0.4, 0.5) is 5.69 Å². The third-order valence-electron chi connectivity index (χ3n) is 3.28. The van der Waals surface area contributed by atoms with Crippen molar-refractivity contribution in [1.29, 1.82) is 0 Å². The van der Waals surface area contributed by atoms with Gasteiger partial charge in [0.25, 0.3) is 0 Å². The highest BCUT2D eigenvalue weighted by atomic mass is 35.5. The minimum atomic E-state index is -1.35. The van der Waals surface area contributed by atoms with Gasteiger partial charge in [-0.3, -0.25) is 9.59 Å². The normalized spacial score (nSPS) is 16.1. The summed E-state index contributed by atoms with van der Waals surface area (Å²) < 4.78 is 8.05. The third kappa shape index (κ3) is 1.93. The van der Waals surface area contributed by atoms with Crippen LogP contribution in [-0.4, -0.2) is 25.7 Å². The number of benzene rings is 1. The summed E-state index contributed by atoms with van der Waals surface area (Å²) in [6, 6.07) is 1.45. The van der Waals surface area contributed by atoms with Gasteiger partial charge in [-0.05, 0) is 18.9 Å². The van der Waals surface area contributed by atoms with Crippen molar-refractivity contribution >= 4 is 63.5 Å². The van der Waals surface area contributed by atoms with Gasteiger partial charge in [-0.2, -0.15) is 8.75 Å². The molecule has 104 valence electrons. The molecule has 1 aromatic carbocycles. The summed E-state index contributed by atoms with van der Waals surface area (Å²) in [5, 5.41) is 12.2. The average Bonchev–Trinajstić information content (AvgIpc) is 3.06. The van der Waals surface area contributed by atoms with Crippen LogP contribution in [0.25, 0.3) is 11.0 Å². The number of carboxylic acid groups (broad SMARTS) is 1. The van der Waals surface area contributed by atoms with Crippen molar-refractivity contribution < 1.29 is 14.7 Å². The van der Waals surface area contributed by atoms with Gasteiger partial charge in [0.05, 0.1) is 27.5 Å². The summed E-state index contributed by atoms with van der Waals surface area (Å²) in [7, 11) is 0. The number of aliphatic carboxylic acids is 1. The maximum absolute atomic E-state index is 12.1. The minimum Gasteiger partial charge on any atom is -0.480 e. The Hall–Kier alpha value is -1.44. The first-order valence-electron chi connectivity index (χ1n) is 5.61. The topological polar surface area (TPSA) is 92.2 Å². The van der Waals surface area contributed by atoms with Crippen molar-refractivity contribution in [3.63, 3.8) is 0 Å². The van der Waals surface area contributed by atoms with Crippen molar-refractivity contribution in [2.45, 2.75) is 12.8 Å². The Balaban J connectivity index is 2.02. The molecular weight excluding hydrogens is 325 g/mol. The molecule has 1 aromatic heterocycles.